The number of phosphoric ester groups is 1. The predicted molar refractivity (Wildman–Crippen MR) is 316 cm³/mol. The van der Waals surface area contributed by atoms with Crippen molar-refractivity contribution >= 4 is 25.7 Å². The topological polar surface area (TPSA) is 155 Å². The summed E-state index contributed by atoms with van der Waals surface area (Å²) in [5.41, 5.74) is 0. The summed E-state index contributed by atoms with van der Waals surface area (Å²) in [6.45, 7) is 4.46. The van der Waals surface area contributed by atoms with Gasteiger partial charge in [-0.25, -0.2) is 4.57 Å². The van der Waals surface area contributed by atoms with Gasteiger partial charge in [0.05, 0.1) is 19.8 Å². The first-order chi connectivity index (χ1) is 37.2. The summed E-state index contributed by atoms with van der Waals surface area (Å²) in [5.74, 6) is -1.55. The second-order valence-corrected chi connectivity index (χ2v) is 21.9. The van der Waals surface area contributed by atoms with E-state index in [1.807, 2.05) is 12.2 Å². The molecule has 0 saturated heterocycles. The Morgan fingerprint density at radius 2 is 0.711 bits per heavy atom. The van der Waals surface area contributed by atoms with Crippen LogP contribution in [0, 0.1) is 0 Å². The summed E-state index contributed by atoms with van der Waals surface area (Å²) in [6, 6.07) is 0. The predicted octanol–water partition coefficient (Wildman–Crippen LogP) is 18.5. The number of unbranched alkanes of at least 4 members (excludes halogenated alkanes) is 28. The van der Waals surface area contributed by atoms with E-state index in [2.05, 4.69) is 81.5 Å². The molecule has 11 nitrogen and oxygen atoms in total. The van der Waals surface area contributed by atoms with Crippen LogP contribution in [0.1, 0.15) is 278 Å². The lowest BCUT2D eigenvalue weighted by atomic mass is 10.1. The number of aliphatic hydroxyl groups excluding tert-OH is 1. The maximum absolute atomic E-state index is 12.9. The van der Waals surface area contributed by atoms with Gasteiger partial charge in [-0.2, -0.15) is 0 Å². The van der Waals surface area contributed by atoms with Crippen LogP contribution in [0.25, 0.3) is 0 Å². The van der Waals surface area contributed by atoms with E-state index in [9.17, 15) is 28.9 Å². The van der Waals surface area contributed by atoms with Gasteiger partial charge in [0, 0.05) is 19.3 Å². The third-order valence-corrected chi connectivity index (χ3v) is 14.0. The summed E-state index contributed by atoms with van der Waals surface area (Å²) < 4.78 is 39.5. The number of carbonyl (C=O) groups is 3. The monoisotopic (exact) mass is 1090 g/mol. The summed E-state index contributed by atoms with van der Waals surface area (Å²) in [5, 5.41) is 9.80. The Kier molecular flexibility index (Phi) is 55.7. The Labute approximate surface area is 465 Å². The van der Waals surface area contributed by atoms with Crippen molar-refractivity contribution < 1.29 is 52.2 Å². The van der Waals surface area contributed by atoms with E-state index in [-0.39, 0.29) is 25.9 Å². The van der Waals surface area contributed by atoms with Crippen LogP contribution in [0.4, 0.5) is 0 Å². The molecule has 3 atom stereocenters. The van der Waals surface area contributed by atoms with Gasteiger partial charge in [0.2, 0.25) is 0 Å². The third-order valence-electron chi connectivity index (χ3n) is 13.1. The smallest absolute Gasteiger partial charge is 0.462 e. The molecule has 0 spiro atoms. The summed E-state index contributed by atoms with van der Waals surface area (Å²) in [6.07, 6.45) is 65.9. The summed E-state index contributed by atoms with van der Waals surface area (Å²) in [4.78, 5) is 48.6. The number of hydrogen-bond acceptors (Lipinski definition) is 10. The van der Waals surface area contributed by atoms with Crippen molar-refractivity contribution in [2.75, 3.05) is 26.4 Å². The second-order valence-electron chi connectivity index (χ2n) is 20.5. The fraction of sp³-hybridized carbons (Fsp3) is 0.766. The molecule has 2 N–H and O–H groups in total. The zero-order chi connectivity index (χ0) is 55.5. The van der Waals surface area contributed by atoms with Crippen molar-refractivity contribution in [1.29, 1.82) is 0 Å². The van der Waals surface area contributed by atoms with Crippen LogP contribution in [0.2, 0.25) is 0 Å². The number of phosphoric acid groups is 1. The minimum absolute atomic E-state index is 0.0549. The molecular weight excluding hydrogens is 976 g/mol. The van der Waals surface area contributed by atoms with Crippen molar-refractivity contribution in [1.82, 2.24) is 0 Å². The number of esters is 3. The van der Waals surface area contributed by atoms with E-state index in [0.717, 1.165) is 70.6 Å². The first-order valence-electron chi connectivity index (χ1n) is 30.8. The molecule has 12 heteroatoms. The molecule has 0 aromatic carbocycles. The number of carbonyl (C=O) groups excluding carboxylic acids is 3. The lowest BCUT2D eigenvalue weighted by Crippen LogP contribution is -2.30. The van der Waals surface area contributed by atoms with Crippen LogP contribution in [-0.4, -0.2) is 66.5 Å². The average molecular weight is 1090 g/mol. The lowest BCUT2D eigenvalue weighted by Gasteiger charge is -2.21. The van der Waals surface area contributed by atoms with Gasteiger partial charge >= 0.3 is 25.7 Å². The van der Waals surface area contributed by atoms with Crippen molar-refractivity contribution in [3.63, 3.8) is 0 Å². The molecule has 76 heavy (non-hydrogen) atoms. The molecule has 0 heterocycles. The quantitative estimate of drug-likeness (QED) is 0.0197. The highest BCUT2D eigenvalue weighted by molar-refractivity contribution is 7.47. The largest absolute Gasteiger partial charge is 0.472 e. The Morgan fingerprint density at radius 3 is 1.13 bits per heavy atom. The van der Waals surface area contributed by atoms with Crippen molar-refractivity contribution in [3.8, 4) is 0 Å². The molecular formula is C64H113O11P. The van der Waals surface area contributed by atoms with Crippen LogP contribution in [0.15, 0.2) is 72.9 Å². The number of hydrogen-bond donors (Lipinski definition) is 2. The molecule has 0 rings (SSSR count). The lowest BCUT2D eigenvalue weighted by molar-refractivity contribution is -0.161. The van der Waals surface area contributed by atoms with E-state index in [0.29, 0.717) is 19.3 Å². The highest BCUT2D eigenvalue weighted by atomic mass is 31.2. The Hall–Kier alpha value is -3.08. The van der Waals surface area contributed by atoms with Crippen molar-refractivity contribution in [3.05, 3.63) is 72.9 Å². The van der Waals surface area contributed by atoms with Gasteiger partial charge in [0.1, 0.15) is 12.7 Å². The molecule has 3 unspecified atom stereocenters. The first-order valence-corrected chi connectivity index (χ1v) is 32.3. The molecule has 0 aliphatic heterocycles. The second kappa shape index (κ2) is 58.1. The molecule has 0 amide bonds. The molecule has 0 bridgehead atoms. The highest BCUT2D eigenvalue weighted by Gasteiger charge is 2.28. The van der Waals surface area contributed by atoms with Gasteiger partial charge in [0.15, 0.2) is 6.10 Å². The molecule has 0 saturated carbocycles. The number of aliphatic hydroxyl groups is 1. The van der Waals surface area contributed by atoms with Gasteiger partial charge < -0.3 is 24.2 Å². The molecule has 0 fully saturated rings. The Morgan fingerprint density at radius 1 is 0.382 bits per heavy atom. The minimum Gasteiger partial charge on any atom is -0.462 e. The zero-order valence-electron chi connectivity index (χ0n) is 48.7. The van der Waals surface area contributed by atoms with Crippen LogP contribution in [0.5, 0.6) is 0 Å². The van der Waals surface area contributed by atoms with E-state index in [4.69, 9.17) is 23.3 Å². The molecule has 0 aliphatic rings. The van der Waals surface area contributed by atoms with Crippen molar-refractivity contribution in [2.24, 2.45) is 0 Å². The fourth-order valence-corrected chi connectivity index (χ4v) is 9.20. The molecule has 0 radical (unpaired) electrons. The van der Waals surface area contributed by atoms with E-state index in [1.54, 1.807) is 0 Å². The minimum atomic E-state index is -4.77. The molecule has 0 aromatic heterocycles. The van der Waals surface area contributed by atoms with Crippen molar-refractivity contribution in [2.45, 2.75) is 290 Å². The molecule has 0 aromatic rings. The van der Waals surface area contributed by atoms with Crippen LogP contribution in [0.3, 0.4) is 0 Å². The van der Waals surface area contributed by atoms with Crippen LogP contribution < -0.4 is 0 Å². The number of rotatable bonds is 57. The van der Waals surface area contributed by atoms with Gasteiger partial charge in [-0.05, 0) is 96.3 Å². The van der Waals surface area contributed by atoms with Gasteiger partial charge in [-0.15, -0.1) is 0 Å². The fourth-order valence-electron chi connectivity index (χ4n) is 8.42. The standard InChI is InChI=1S/C64H113O11P/c1-4-7-10-13-16-19-22-25-27-29-30-32-34-37-40-43-46-49-52-55-64(68)75-61(57-71-62(66)53-50-47-44-41-38-36-33-31-28-26-23-20-17-14-11-8-5-2)59-73-76(69,70)72-58-60(56-65)74-63(67)54-51-48-45-42-39-35-24-21-18-15-12-9-6-3/h9,12,18,21,25-28,35,39,45,48,60-61,65H,4-8,10-11,13-17,19-20,22-24,29-34,36-38,40-44,46-47,49-59H2,1-3H3,(H,69,70)/b12-9-,21-18-,27-25-,28-26-,39-35-,48-45-. The van der Waals surface area contributed by atoms with Crippen LogP contribution in [-0.2, 0) is 42.2 Å². The van der Waals surface area contributed by atoms with Crippen LogP contribution >= 0.6 is 7.82 Å². The van der Waals surface area contributed by atoms with E-state index >= 15 is 0 Å². The first kappa shape index (κ1) is 72.9. The highest BCUT2D eigenvalue weighted by Crippen LogP contribution is 2.43. The van der Waals surface area contributed by atoms with Gasteiger partial charge in [-0.1, -0.05) is 235 Å². The average Bonchev–Trinajstić information content (AvgIpc) is 3.41. The van der Waals surface area contributed by atoms with E-state index < -0.39 is 57.8 Å². The number of ether oxygens (including phenoxy) is 3. The molecule has 440 valence electrons. The SMILES string of the molecule is CC/C=C\C/C=C\C/C=C\C/C=C\CCC(=O)OC(CO)COP(=O)(O)OCC(COC(=O)CCCCCCCCC/C=C\CCCCCCCC)OC(=O)CCCCCCCCCCC/C=C\CCCCCCCC. The maximum Gasteiger partial charge on any atom is 0.472 e. The Balaban J connectivity index is 4.76. The third kappa shape index (κ3) is 55.7. The van der Waals surface area contributed by atoms with E-state index in [1.165, 1.54) is 148 Å². The summed E-state index contributed by atoms with van der Waals surface area (Å²) in [7, 11) is -4.77. The number of allylic oxidation sites excluding steroid dienone is 12. The molecule has 0 aliphatic carbocycles. The van der Waals surface area contributed by atoms with Gasteiger partial charge in [-0.3, -0.25) is 23.4 Å². The summed E-state index contributed by atoms with van der Waals surface area (Å²) >= 11 is 0. The zero-order valence-corrected chi connectivity index (χ0v) is 49.6. The van der Waals surface area contributed by atoms with Gasteiger partial charge in [0.25, 0.3) is 0 Å². The Bertz CT molecular complexity index is 1550. The normalized spacial score (nSPS) is 13.8. The maximum atomic E-state index is 12.9.